The Bertz CT molecular complexity index is 438. The Labute approximate surface area is 122 Å². The van der Waals surface area contributed by atoms with Crippen molar-refractivity contribution in [1.82, 2.24) is 0 Å². The normalized spacial score (nSPS) is 23.8. The molecular weight excluding hydrogens is 246 g/mol. The summed E-state index contributed by atoms with van der Waals surface area (Å²) in [6.07, 6.45) is 9.49. The summed E-state index contributed by atoms with van der Waals surface area (Å²) in [5, 5.41) is 9.95. The Kier molecular flexibility index (Phi) is 4.02. The quantitative estimate of drug-likeness (QED) is 0.869. The number of piperidine rings is 1. The van der Waals surface area contributed by atoms with Crippen LogP contribution in [0.3, 0.4) is 0 Å². The maximum Gasteiger partial charge on any atom is 0.0781 e. The van der Waals surface area contributed by atoms with Gasteiger partial charge in [-0.05, 0) is 44.1 Å². The van der Waals surface area contributed by atoms with E-state index in [1.807, 2.05) is 13.0 Å². The Hall–Kier alpha value is -1.02. The number of nitrogens with zero attached hydrogens (tertiary/aromatic N) is 1. The van der Waals surface area contributed by atoms with Crippen LogP contribution in [-0.4, -0.2) is 18.2 Å². The zero-order valence-electron chi connectivity index (χ0n) is 12.6. The molecule has 1 heterocycles. The summed E-state index contributed by atoms with van der Waals surface area (Å²) in [5.74, 6) is 0. The molecule has 110 valence electrons. The van der Waals surface area contributed by atoms with E-state index in [-0.39, 0.29) is 6.10 Å². The molecule has 1 N–H and O–H groups in total. The summed E-state index contributed by atoms with van der Waals surface area (Å²) in [7, 11) is 0. The lowest BCUT2D eigenvalue weighted by atomic mass is 9.68. The van der Waals surface area contributed by atoms with Gasteiger partial charge in [0.05, 0.1) is 6.10 Å². The molecule has 1 aliphatic heterocycles. The second-order valence-electron chi connectivity index (χ2n) is 6.78. The summed E-state index contributed by atoms with van der Waals surface area (Å²) in [5.41, 5.74) is 2.97. The molecule has 1 saturated heterocycles. The number of anilines is 1. The first-order valence-electron chi connectivity index (χ1n) is 8.22. The van der Waals surface area contributed by atoms with Crippen molar-refractivity contribution in [2.45, 2.75) is 58.0 Å². The highest BCUT2D eigenvalue weighted by molar-refractivity contribution is 5.54. The number of benzene rings is 1. The third kappa shape index (κ3) is 2.71. The molecule has 0 radical (unpaired) electrons. The van der Waals surface area contributed by atoms with Gasteiger partial charge in [0.2, 0.25) is 0 Å². The monoisotopic (exact) mass is 273 g/mol. The van der Waals surface area contributed by atoms with E-state index >= 15 is 0 Å². The van der Waals surface area contributed by atoms with Gasteiger partial charge in [-0.2, -0.15) is 0 Å². The lowest BCUT2D eigenvalue weighted by Gasteiger charge is -2.45. The van der Waals surface area contributed by atoms with Crippen molar-refractivity contribution in [3.63, 3.8) is 0 Å². The molecule has 3 rings (SSSR count). The van der Waals surface area contributed by atoms with Crippen LogP contribution in [0.25, 0.3) is 0 Å². The minimum Gasteiger partial charge on any atom is -0.389 e. The van der Waals surface area contributed by atoms with Crippen LogP contribution < -0.4 is 4.90 Å². The number of hydrogen-bond acceptors (Lipinski definition) is 2. The molecular formula is C18H27NO. The van der Waals surface area contributed by atoms with Crippen LogP contribution in [0.4, 0.5) is 5.69 Å². The minimum absolute atomic E-state index is 0.378. The molecule has 2 heteroatoms. The Morgan fingerprint density at radius 2 is 1.65 bits per heavy atom. The lowest BCUT2D eigenvalue weighted by molar-refractivity contribution is 0.144. The molecule has 1 atom stereocenters. The number of para-hydroxylation sites is 1. The van der Waals surface area contributed by atoms with Gasteiger partial charge >= 0.3 is 0 Å². The standard InChI is InChI=1S/C18H27NO/c1-15(20)16-7-3-4-8-17(16)19-13-11-18(12-14-19)9-5-2-6-10-18/h3-4,7-8,15,20H,2,5-6,9-14H2,1H3/t15-/m0/s1. The molecule has 0 amide bonds. The molecule has 1 aromatic rings. The number of hydrogen-bond donors (Lipinski definition) is 1. The van der Waals surface area contributed by atoms with Gasteiger partial charge in [-0.25, -0.2) is 0 Å². The van der Waals surface area contributed by atoms with Crippen LogP contribution in [0, 0.1) is 5.41 Å². The third-order valence-electron chi connectivity index (χ3n) is 5.47. The average molecular weight is 273 g/mol. The topological polar surface area (TPSA) is 23.5 Å². The maximum absolute atomic E-state index is 9.95. The highest BCUT2D eigenvalue weighted by Gasteiger charge is 2.35. The zero-order chi connectivity index (χ0) is 14.0. The summed E-state index contributed by atoms with van der Waals surface area (Å²) < 4.78 is 0. The molecule has 20 heavy (non-hydrogen) atoms. The molecule has 0 bridgehead atoms. The van der Waals surface area contributed by atoms with Gasteiger partial charge in [0.15, 0.2) is 0 Å². The molecule has 2 nitrogen and oxygen atoms in total. The molecule has 1 aliphatic carbocycles. The Balaban J connectivity index is 1.72. The van der Waals surface area contributed by atoms with E-state index in [1.165, 1.54) is 50.6 Å². The van der Waals surface area contributed by atoms with Gasteiger partial charge < -0.3 is 10.0 Å². The van der Waals surface area contributed by atoms with E-state index in [9.17, 15) is 5.11 Å². The molecule has 2 aliphatic rings. The van der Waals surface area contributed by atoms with Gasteiger partial charge in [-0.3, -0.25) is 0 Å². The van der Waals surface area contributed by atoms with Crippen molar-refractivity contribution in [1.29, 1.82) is 0 Å². The summed E-state index contributed by atoms with van der Waals surface area (Å²) >= 11 is 0. The van der Waals surface area contributed by atoms with E-state index < -0.39 is 0 Å². The van der Waals surface area contributed by atoms with Gasteiger partial charge in [-0.15, -0.1) is 0 Å². The first kappa shape index (κ1) is 13.9. The van der Waals surface area contributed by atoms with E-state index in [0.29, 0.717) is 5.41 Å². The van der Waals surface area contributed by atoms with Crippen LogP contribution in [0.1, 0.15) is 63.5 Å². The van der Waals surface area contributed by atoms with Crippen molar-refractivity contribution in [2.24, 2.45) is 5.41 Å². The fourth-order valence-electron chi connectivity index (χ4n) is 4.15. The van der Waals surface area contributed by atoms with Crippen LogP contribution >= 0.6 is 0 Å². The maximum atomic E-state index is 9.95. The highest BCUT2D eigenvalue weighted by atomic mass is 16.3. The fourth-order valence-corrected chi connectivity index (χ4v) is 4.15. The molecule has 1 saturated carbocycles. The van der Waals surface area contributed by atoms with E-state index in [1.54, 1.807) is 0 Å². The highest BCUT2D eigenvalue weighted by Crippen LogP contribution is 2.45. The summed E-state index contributed by atoms with van der Waals surface area (Å²) in [4.78, 5) is 2.49. The van der Waals surface area contributed by atoms with Crippen LogP contribution in [-0.2, 0) is 0 Å². The lowest BCUT2D eigenvalue weighted by Crippen LogP contribution is -2.41. The van der Waals surface area contributed by atoms with Crippen LogP contribution in [0.2, 0.25) is 0 Å². The van der Waals surface area contributed by atoms with Crippen molar-refractivity contribution in [2.75, 3.05) is 18.0 Å². The molecule has 1 spiro atoms. The molecule has 2 fully saturated rings. The van der Waals surface area contributed by atoms with Gasteiger partial charge in [0.1, 0.15) is 0 Å². The van der Waals surface area contributed by atoms with Crippen LogP contribution in [0.5, 0.6) is 0 Å². The number of aliphatic hydroxyl groups is 1. The third-order valence-corrected chi connectivity index (χ3v) is 5.47. The van der Waals surface area contributed by atoms with Gasteiger partial charge in [-0.1, -0.05) is 37.5 Å². The molecule has 0 unspecified atom stereocenters. The predicted molar refractivity (Wildman–Crippen MR) is 84.0 cm³/mol. The fraction of sp³-hybridized carbons (Fsp3) is 0.667. The van der Waals surface area contributed by atoms with Crippen molar-refractivity contribution in [3.05, 3.63) is 29.8 Å². The average Bonchev–Trinajstić information content (AvgIpc) is 2.49. The van der Waals surface area contributed by atoms with Crippen LogP contribution in [0.15, 0.2) is 24.3 Å². The van der Waals surface area contributed by atoms with E-state index in [4.69, 9.17) is 0 Å². The van der Waals surface area contributed by atoms with Gasteiger partial charge in [0, 0.05) is 24.3 Å². The zero-order valence-corrected chi connectivity index (χ0v) is 12.6. The Morgan fingerprint density at radius 3 is 2.30 bits per heavy atom. The second kappa shape index (κ2) is 5.77. The predicted octanol–water partition coefficient (Wildman–Crippen LogP) is 4.29. The van der Waals surface area contributed by atoms with Crippen molar-refractivity contribution >= 4 is 5.69 Å². The van der Waals surface area contributed by atoms with Gasteiger partial charge in [0.25, 0.3) is 0 Å². The molecule has 1 aromatic carbocycles. The largest absolute Gasteiger partial charge is 0.389 e. The summed E-state index contributed by atoms with van der Waals surface area (Å²) in [6.45, 7) is 4.18. The Morgan fingerprint density at radius 1 is 1.00 bits per heavy atom. The van der Waals surface area contributed by atoms with Crippen molar-refractivity contribution < 1.29 is 5.11 Å². The minimum atomic E-state index is -0.378. The SMILES string of the molecule is C[C@H](O)c1ccccc1N1CCC2(CCCCC2)CC1. The van der Waals surface area contributed by atoms with E-state index in [2.05, 4.69) is 23.1 Å². The van der Waals surface area contributed by atoms with Crippen molar-refractivity contribution in [3.8, 4) is 0 Å². The first-order chi connectivity index (χ1) is 9.70. The van der Waals surface area contributed by atoms with E-state index in [0.717, 1.165) is 18.7 Å². The first-order valence-corrected chi connectivity index (χ1v) is 8.22. The smallest absolute Gasteiger partial charge is 0.0781 e. The number of rotatable bonds is 2. The number of aliphatic hydroxyl groups excluding tert-OH is 1. The second-order valence-corrected chi connectivity index (χ2v) is 6.78. The summed E-state index contributed by atoms with van der Waals surface area (Å²) in [6, 6.07) is 8.34. The molecule has 0 aromatic heterocycles.